The predicted molar refractivity (Wildman–Crippen MR) is 108 cm³/mol. The van der Waals surface area contributed by atoms with Gasteiger partial charge in [-0.3, -0.25) is 0 Å². The predicted octanol–water partition coefficient (Wildman–Crippen LogP) is 0.436. The van der Waals surface area contributed by atoms with Crippen LogP contribution < -0.4 is 11.2 Å². The molecule has 0 radical (unpaired) electrons. The molecule has 4 rings (SSSR count). The molecule has 0 aliphatic carbocycles. The SMILES string of the molecule is C=[N+]1CCC(N/N=C\C(N)=C2\C=[N+](c3ncnc4nc[nH]c34)CCS2)CC1. The third-order valence-corrected chi connectivity index (χ3v) is 5.71. The van der Waals surface area contributed by atoms with E-state index in [2.05, 4.69) is 46.3 Å². The molecule has 27 heavy (non-hydrogen) atoms. The molecule has 140 valence electrons. The monoisotopic (exact) mass is 385 g/mol. The summed E-state index contributed by atoms with van der Waals surface area (Å²) < 4.78 is 4.16. The van der Waals surface area contributed by atoms with Crippen molar-refractivity contribution in [3.63, 3.8) is 0 Å². The molecule has 0 spiro atoms. The van der Waals surface area contributed by atoms with Crippen LogP contribution in [0.15, 0.2) is 28.4 Å². The maximum Gasteiger partial charge on any atom is 0.352 e. The van der Waals surface area contributed by atoms with Crippen molar-refractivity contribution in [1.82, 2.24) is 25.4 Å². The van der Waals surface area contributed by atoms with Crippen LogP contribution in [0, 0.1) is 0 Å². The molecule has 2 aliphatic rings. The van der Waals surface area contributed by atoms with Gasteiger partial charge >= 0.3 is 5.82 Å². The second kappa shape index (κ2) is 7.87. The molecule has 10 heteroatoms. The Balaban J connectivity index is 1.50. The van der Waals surface area contributed by atoms with Crippen molar-refractivity contribution in [2.45, 2.75) is 18.9 Å². The number of nitrogens with one attached hydrogen (secondary N) is 2. The third kappa shape index (κ3) is 4.00. The highest BCUT2D eigenvalue weighted by Crippen LogP contribution is 2.24. The summed E-state index contributed by atoms with van der Waals surface area (Å²) in [5.74, 6) is 1.72. The summed E-state index contributed by atoms with van der Waals surface area (Å²) in [7, 11) is 0. The zero-order valence-electron chi connectivity index (χ0n) is 15.0. The number of nitrogens with zero attached hydrogens (tertiary/aromatic N) is 6. The zero-order chi connectivity index (χ0) is 18.6. The zero-order valence-corrected chi connectivity index (χ0v) is 15.8. The Morgan fingerprint density at radius 3 is 3.04 bits per heavy atom. The maximum absolute atomic E-state index is 6.26. The Kier molecular flexibility index (Phi) is 5.14. The topological polar surface area (TPSA) is 111 Å². The number of imidazole rings is 1. The molecule has 9 nitrogen and oxygen atoms in total. The lowest BCUT2D eigenvalue weighted by Crippen LogP contribution is -2.36. The van der Waals surface area contributed by atoms with Crippen molar-refractivity contribution in [3.05, 3.63) is 23.3 Å². The number of hydrazone groups is 1. The number of nitrogens with two attached hydrogens (primary N) is 1. The van der Waals surface area contributed by atoms with E-state index in [0.29, 0.717) is 17.4 Å². The third-order valence-electron chi connectivity index (χ3n) is 4.67. The minimum Gasteiger partial charge on any atom is -0.396 e. The molecule has 1 fully saturated rings. The number of hydrogen-bond donors (Lipinski definition) is 3. The highest BCUT2D eigenvalue weighted by Gasteiger charge is 2.22. The average Bonchev–Trinajstić information content (AvgIpc) is 3.18. The van der Waals surface area contributed by atoms with E-state index >= 15 is 0 Å². The summed E-state index contributed by atoms with van der Waals surface area (Å²) in [6.45, 7) is 6.78. The van der Waals surface area contributed by atoms with E-state index in [4.69, 9.17) is 5.73 Å². The van der Waals surface area contributed by atoms with Gasteiger partial charge in [0.25, 0.3) is 0 Å². The highest BCUT2D eigenvalue weighted by molar-refractivity contribution is 8.04. The summed E-state index contributed by atoms with van der Waals surface area (Å²) in [4.78, 5) is 16.9. The summed E-state index contributed by atoms with van der Waals surface area (Å²) >= 11 is 1.72. The van der Waals surface area contributed by atoms with Crippen molar-refractivity contribution in [2.75, 3.05) is 25.4 Å². The van der Waals surface area contributed by atoms with Gasteiger partial charge in [-0.15, -0.1) is 11.8 Å². The van der Waals surface area contributed by atoms with Crippen LogP contribution in [0.4, 0.5) is 5.82 Å². The first kappa shape index (κ1) is 17.7. The van der Waals surface area contributed by atoms with Crippen molar-refractivity contribution in [2.24, 2.45) is 10.8 Å². The Hall–Kier alpha value is -2.75. The summed E-state index contributed by atoms with van der Waals surface area (Å²) in [6, 6.07) is 0.381. The second-order valence-electron chi connectivity index (χ2n) is 6.57. The van der Waals surface area contributed by atoms with Gasteiger partial charge in [0.15, 0.2) is 11.2 Å². The van der Waals surface area contributed by atoms with Crippen molar-refractivity contribution in [1.29, 1.82) is 0 Å². The molecule has 2 aliphatic heterocycles. The normalized spacial score (nSPS) is 20.9. The van der Waals surface area contributed by atoms with E-state index in [-0.39, 0.29) is 0 Å². The molecule has 1 saturated heterocycles. The van der Waals surface area contributed by atoms with Crippen LogP contribution in [0.2, 0.25) is 0 Å². The lowest BCUT2D eigenvalue weighted by atomic mass is 10.1. The van der Waals surface area contributed by atoms with Crippen LogP contribution in [0.5, 0.6) is 0 Å². The summed E-state index contributed by atoms with van der Waals surface area (Å²) in [6.07, 6.45) is 8.96. The average molecular weight is 386 g/mol. The molecule has 0 bridgehead atoms. The first-order chi connectivity index (χ1) is 13.2. The fourth-order valence-corrected chi connectivity index (χ4v) is 4.06. The van der Waals surface area contributed by atoms with Gasteiger partial charge < -0.3 is 16.1 Å². The van der Waals surface area contributed by atoms with Gasteiger partial charge in [0, 0.05) is 18.6 Å². The quantitative estimate of drug-likeness (QED) is 0.400. The molecule has 0 atom stereocenters. The Bertz CT molecular complexity index is 933. The van der Waals surface area contributed by atoms with Crippen LogP contribution in [-0.4, -0.2) is 79.7 Å². The van der Waals surface area contributed by atoms with Crippen molar-refractivity contribution < 1.29 is 9.15 Å². The maximum atomic E-state index is 6.26. The van der Waals surface area contributed by atoms with Crippen LogP contribution >= 0.6 is 11.8 Å². The first-order valence-corrected chi connectivity index (χ1v) is 9.91. The molecule has 0 aromatic carbocycles. The summed E-state index contributed by atoms with van der Waals surface area (Å²) in [5, 5.41) is 4.34. The Morgan fingerprint density at radius 2 is 2.19 bits per heavy atom. The van der Waals surface area contributed by atoms with Gasteiger partial charge in [-0.2, -0.15) is 10.1 Å². The fraction of sp³-hybridized carbons (Fsp3) is 0.412. The Labute approximate surface area is 161 Å². The molecule has 2 aromatic heterocycles. The van der Waals surface area contributed by atoms with Crippen molar-refractivity contribution in [3.8, 4) is 0 Å². The fourth-order valence-electron chi connectivity index (χ4n) is 3.13. The first-order valence-electron chi connectivity index (χ1n) is 8.93. The van der Waals surface area contributed by atoms with E-state index in [0.717, 1.165) is 54.5 Å². The van der Waals surface area contributed by atoms with Gasteiger partial charge in [-0.25, -0.2) is 14.1 Å². The van der Waals surface area contributed by atoms with Gasteiger partial charge in [-0.1, -0.05) is 0 Å². The molecular weight excluding hydrogens is 362 g/mol. The molecule has 0 saturated carbocycles. The van der Waals surface area contributed by atoms with Crippen molar-refractivity contribution >= 4 is 47.9 Å². The number of fused-ring (bicyclic) bond motifs is 1. The van der Waals surface area contributed by atoms with E-state index in [1.807, 2.05) is 6.21 Å². The second-order valence-corrected chi connectivity index (χ2v) is 7.71. The number of rotatable bonds is 4. The smallest absolute Gasteiger partial charge is 0.352 e. The number of aromatic nitrogens is 4. The standard InChI is InChI=1S/C17H22N9S/c1-25-4-2-12(3-5-25)24-23-8-13(18)14-9-26(6-7-27-14)17-15-16(20-10-19-15)21-11-22-17/h8-12H,1-7H2,(H3,18,19,20,21,22,24)/q+1/p+1. The van der Waals surface area contributed by atoms with Gasteiger partial charge in [0.2, 0.25) is 6.33 Å². The van der Waals surface area contributed by atoms with Crippen LogP contribution in [0.3, 0.4) is 0 Å². The molecule has 0 amide bonds. The lowest BCUT2D eigenvalue weighted by molar-refractivity contribution is -0.530. The van der Waals surface area contributed by atoms with Gasteiger partial charge in [-0.05, 0) is 4.98 Å². The minimum absolute atomic E-state index is 0.381. The van der Waals surface area contributed by atoms with Crippen LogP contribution in [-0.2, 0) is 0 Å². The molecule has 2 aromatic rings. The van der Waals surface area contributed by atoms with E-state index < -0.39 is 0 Å². The number of piperidine rings is 1. The Morgan fingerprint density at radius 1 is 1.33 bits per heavy atom. The van der Waals surface area contributed by atoms with Crippen LogP contribution in [0.25, 0.3) is 11.2 Å². The van der Waals surface area contributed by atoms with Gasteiger partial charge in [0.1, 0.15) is 32.6 Å². The molecular formula is C17H23N9S+2. The molecule has 4 heterocycles. The molecule has 4 N–H and O–H groups in total. The lowest BCUT2D eigenvalue weighted by Gasteiger charge is -2.19. The van der Waals surface area contributed by atoms with Gasteiger partial charge in [0.05, 0.1) is 29.2 Å². The summed E-state index contributed by atoms with van der Waals surface area (Å²) in [5.41, 5.74) is 11.6. The number of aromatic amines is 1. The molecule has 0 unspecified atom stereocenters. The van der Waals surface area contributed by atoms with Crippen LogP contribution in [0.1, 0.15) is 12.8 Å². The van der Waals surface area contributed by atoms with E-state index in [9.17, 15) is 0 Å². The number of thioether (sulfide) groups is 1. The number of hydrogen-bond acceptors (Lipinski definition) is 7. The van der Waals surface area contributed by atoms with E-state index in [1.54, 1.807) is 24.3 Å². The highest BCUT2D eigenvalue weighted by atomic mass is 32.2. The number of H-pyrrole nitrogens is 1. The minimum atomic E-state index is 0.381. The largest absolute Gasteiger partial charge is 0.396 e. The van der Waals surface area contributed by atoms with E-state index in [1.165, 1.54) is 6.33 Å². The number of allylic oxidation sites excluding steroid dienone is 2.